The summed E-state index contributed by atoms with van der Waals surface area (Å²) in [4.78, 5) is 24.1. The molecule has 3 rings (SSSR count). The van der Waals surface area contributed by atoms with Gasteiger partial charge < -0.3 is 10.1 Å². The molecule has 0 saturated carbocycles. The first-order chi connectivity index (χ1) is 14.5. The number of ether oxygens (including phenoxy) is 1. The van der Waals surface area contributed by atoms with Gasteiger partial charge in [0.15, 0.2) is 0 Å². The summed E-state index contributed by atoms with van der Waals surface area (Å²) in [6, 6.07) is 16.2. The summed E-state index contributed by atoms with van der Waals surface area (Å²) in [7, 11) is 1.36. The molecule has 156 valence electrons. The van der Waals surface area contributed by atoms with Crippen LogP contribution in [0.4, 0.5) is 0 Å². The quantitative estimate of drug-likeness (QED) is 0.456. The molecular weight excluding hydrogens is 378 g/mol. The number of aromatic nitrogens is 2. The lowest BCUT2D eigenvalue weighted by atomic mass is 10.1. The van der Waals surface area contributed by atoms with Crippen LogP contribution in [0.15, 0.2) is 54.7 Å². The van der Waals surface area contributed by atoms with Gasteiger partial charge in [0.1, 0.15) is 5.69 Å². The van der Waals surface area contributed by atoms with Gasteiger partial charge in [0.05, 0.1) is 19.2 Å². The number of benzene rings is 2. The first-order valence-electron chi connectivity index (χ1n) is 10.0. The van der Waals surface area contributed by atoms with E-state index in [1.807, 2.05) is 31.2 Å². The minimum atomic E-state index is -0.282. The third-order valence-corrected chi connectivity index (χ3v) is 4.87. The minimum Gasteiger partial charge on any atom is -0.469 e. The Hall–Kier alpha value is -3.41. The fourth-order valence-corrected chi connectivity index (χ4v) is 3.11. The standard InChI is InChI=1S/C24H27N3O3/c1-17-6-10-19(11-7-17)15-27-16-21(24(29)25-14-4-5-22(28)30-3)23(26-27)20-12-8-18(2)9-13-20/h6-13,16H,4-5,14-15H2,1-3H3,(H,25,29). The van der Waals surface area contributed by atoms with Crippen molar-refractivity contribution in [2.45, 2.75) is 33.2 Å². The zero-order valence-corrected chi connectivity index (χ0v) is 17.6. The van der Waals surface area contributed by atoms with E-state index in [1.165, 1.54) is 12.7 Å². The van der Waals surface area contributed by atoms with Crippen molar-refractivity contribution in [1.29, 1.82) is 0 Å². The molecule has 0 unspecified atom stereocenters. The molecule has 0 saturated heterocycles. The Morgan fingerprint density at radius 1 is 1.00 bits per heavy atom. The van der Waals surface area contributed by atoms with E-state index in [0.717, 1.165) is 16.7 Å². The van der Waals surface area contributed by atoms with E-state index in [2.05, 4.69) is 41.2 Å². The first kappa shape index (κ1) is 21.3. The summed E-state index contributed by atoms with van der Waals surface area (Å²) in [6.07, 6.45) is 2.58. The molecule has 1 heterocycles. The Bertz CT molecular complexity index is 1010. The van der Waals surface area contributed by atoms with Crippen LogP contribution in [0.3, 0.4) is 0 Å². The number of hydrogen-bond acceptors (Lipinski definition) is 4. The van der Waals surface area contributed by atoms with Gasteiger partial charge in [0.2, 0.25) is 0 Å². The lowest BCUT2D eigenvalue weighted by molar-refractivity contribution is -0.140. The molecule has 6 heteroatoms. The number of hydrogen-bond donors (Lipinski definition) is 1. The summed E-state index contributed by atoms with van der Waals surface area (Å²) in [6.45, 7) is 5.05. The Morgan fingerprint density at radius 3 is 2.27 bits per heavy atom. The molecule has 1 aromatic heterocycles. The molecule has 3 aromatic rings. The number of esters is 1. The highest BCUT2D eigenvalue weighted by Gasteiger charge is 2.18. The number of methoxy groups -OCH3 is 1. The smallest absolute Gasteiger partial charge is 0.305 e. The molecule has 6 nitrogen and oxygen atoms in total. The van der Waals surface area contributed by atoms with Gasteiger partial charge in [-0.05, 0) is 25.8 Å². The van der Waals surface area contributed by atoms with E-state index < -0.39 is 0 Å². The van der Waals surface area contributed by atoms with Crippen LogP contribution in [0.5, 0.6) is 0 Å². The van der Waals surface area contributed by atoms with Crippen LogP contribution < -0.4 is 5.32 Å². The van der Waals surface area contributed by atoms with E-state index in [1.54, 1.807) is 10.9 Å². The SMILES string of the molecule is COC(=O)CCCNC(=O)c1cn(Cc2ccc(C)cc2)nc1-c1ccc(C)cc1. The Labute approximate surface area is 176 Å². The largest absolute Gasteiger partial charge is 0.469 e. The lowest BCUT2D eigenvalue weighted by Crippen LogP contribution is -2.25. The van der Waals surface area contributed by atoms with Crippen molar-refractivity contribution < 1.29 is 14.3 Å². The number of nitrogens with one attached hydrogen (secondary N) is 1. The summed E-state index contributed by atoms with van der Waals surface area (Å²) >= 11 is 0. The number of rotatable bonds is 8. The number of aryl methyl sites for hydroxylation is 2. The molecular formula is C24H27N3O3. The number of carbonyl (C=O) groups is 2. The molecule has 0 aliphatic rings. The fraction of sp³-hybridized carbons (Fsp3) is 0.292. The third-order valence-electron chi connectivity index (χ3n) is 4.87. The zero-order valence-electron chi connectivity index (χ0n) is 17.6. The molecule has 1 amide bonds. The minimum absolute atomic E-state index is 0.203. The van der Waals surface area contributed by atoms with Gasteiger partial charge in [-0.1, -0.05) is 59.7 Å². The Balaban J connectivity index is 1.81. The average molecular weight is 405 g/mol. The van der Waals surface area contributed by atoms with Crippen LogP contribution >= 0.6 is 0 Å². The fourth-order valence-electron chi connectivity index (χ4n) is 3.11. The summed E-state index contributed by atoms with van der Waals surface area (Å²) in [5.41, 5.74) is 5.52. The predicted molar refractivity (Wildman–Crippen MR) is 116 cm³/mol. The van der Waals surface area contributed by atoms with Crippen LogP contribution in [-0.2, 0) is 16.1 Å². The Kier molecular flexibility index (Phi) is 7.01. The zero-order chi connectivity index (χ0) is 21.5. The monoisotopic (exact) mass is 405 g/mol. The van der Waals surface area contributed by atoms with Gasteiger partial charge >= 0.3 is 5.97 Å². The van der Waals surface area contributed by atoms with Gasteiger partial charge in [-0.3, -0.25) is 14.3 Å². The van der Waals surface area contributed by atoms with Crippen LogP contribution in [0.2, 0.25) is 0 Å². The second-order valence-corrected chi connectivity index (χ2v) is 7.38. The van der Waals surface area contributed by atoms with E-state index in [9.17, 15) is 9.59 Å². The van der Waals surface area contributed by atoms with E-state index >= 15 is 0 Å². The van der Waals surface area contributed by atoms with Gasteiger partial charge in [-0.25, -0.2) is 0 Å². The first-order valence-corrected chi connectivity index (χ1v) is 10.0. The van der Waals surface area contributed by atoms with Gasteiger partial charge in [-0.15, -0.1) is 0 Å². The van der Waals surface area contributed by atoms with Gasteiger partial charge in [0.25, 0.3) is 5.91 Å². The summed E-state index contributed by atoms with van der Waals surface area (Å²) in [5.74, 6) is -0.485. The lowest BCUT2D eigenvalue weighted by Gasteiger charge is -2.05. The second kappa shape index (κ2) is 9.87. The number of nitrogens with zero attached hydrogens (tertiary/aromatic N) is 2. The maximum Gasteiger partial charge on any atom is 0.305 e. The van der Waals surface area contributed by atoms with Crippen molar-refractivity contribution in [3.8, 4) is 11.3 Å². The maximum absolute atomic E-state index is 12.8. The predicted octanol–water partition coefficient (Wildman–Crippen LogP) is 3.90. The average Bonchev–Trinajstić information content (AvgIpc) is 3.17. The summed E-state index contributed by atoms with van der Waals surface area (Å²) < 4.78 is 6.43. The van der Waals surface area contributed by atoms with Crippen LogP contribution in [-0.4, -0.2) is 35.3 Å². The van der Waals surface area contributed by atoms with Crippen molar-refractivity contribution >= 4 is 11.9 Å². The molecule has 2 aromatic carbocycles. The highest BCUT2D eigenvalue weighted by molar-refractivity contribution is 5.99. The molecule has 0 aliphatic carbocycles. The molecule has 0 atom stereocenters. The normalized spacial score (nSPS) is 10.6. The topological polar surface area (TPSA) is 73.2 Å². The van der Waals surface area contributed by atoms with E-state index in [-0.39, 0.29) is 18.3 Å². The van der Waals surface area contributed by atoms with Crippen molar-refractivity contribution in [2.75, 3.05) is 13.7 Å². The summed E-state index contributed by atoms with van der Waals surface area (Å²) in [5, 5.41) is 7.58. The van der Waals surface area contributed by atoms with Crippen LogP contribution in [0.25, 0.3) is 11.3 Å². The van der Waals surface area contributed by atoms with Crippen molar-refractivity contribution in [3.63, 3.8) is 0 Å². The molecule has 30 heavy (non-hydrogen) atoms. The Morgan fingerprint density at radius 2 is 1.63 bits per heavy atom. The second-order valence-electron chi connectivity index (χ2n) is 7.38. The molecule has 0 fully saturated rings. The van der Waals surface area contributed by atoms with E-state index in [4.69, 9.17) is 5.10 Å². The van der Waals surface area contributed by atoms with Crippen LogP contribution in [0.1, 0.15) is 39.9 Å². The van der Waals surface area contributed by atoms with Crippen molar-refractivity contribution in [1.82, 2.24) is 15.1 Å². The third kappa shape index (κ3) is 5.56. The highest BCUT2D eigenvalue weighted by Crippen LogP contribution is 2.23. The van der Waals surface area contributed by atoms with Crippen molar-refractivity contribution in [2.24, 2.45) is 0 Å². The highest BCUT2D eigenvalue weighted by atomic mass is 16.5. The molecule has 0 radical (unpaired) electrons. The molecule has 1 N–H and O–H groups in total. The van der Waals surface area contributed by atoms with E-state index in [0.29, 0.717) is 30.8 Å². The number of amides is 1. The van der Waals surface area contributed by atoms with Gasteiger partial charge in [-0.2, -0.15) is 5.10 Å². The molecule has 0 spiro atoms. The van der Waals surface area contributed by atoms with Crippen molar-refractivity contribution in [3.05, 3.63) is 77.0 Å². The number of carbonyl (C=O) groups excluding carboxylic acids is 2. The van der Waals surface area contributed by atoms with Gasteiger partial charge in [0, 0.05) is 24.7 Å². The molecule has 0 bridgehead atoms. The maximum atomic E-state index is 12.8. The van der Waals surface area contributed by atoms with Crippen LogP contribution in [0, 0.1) is 13.8 Å². The molecule has 0 aliphatic heterocycles.